The zero-order chi connectivity index (χ0) is 17.8. The zero-order valence-electron chi connectivity index (χ0n) is 14.9. The van der Waals surface area contributed by atoms with Crippen molar-refractivity contribution in [2.24, 2.45) is 0 Å². The van der Waals surface area contributed by atoms with Crippen molar-refractivity contribution in [2.75, 3.05) is 27.8 Å². The highest BCUT2D eigenvalue weighted by molar-refractivity contribution is 5.51. The lowest BCUT2D eigenvalue weighted by atomic mass is 9.81. The van der Waals surface area contributed by atoms with Crippen molar-refractivity contribution < 1.29 is 24.2 Å². The summed E-state index contributed by atoms with van der Waals surface area (Å²) in [5.41, 5.74) is 4.82. The number of likely N-dealkylation sites (N-methyl/N-ethyl adjacent to an activating group) is 1. The topological polar surface area (TPSA) is 58.9 Å². The van der Waals surface area contributed by atoms with E-state index in [0.717, 1.165) is 36.0 Å². The average Bonchev–Trinajstić information content (AvgIpc) is 2.59. The Morgan fingerprint density at radius 3 is 2.24 bits per heavy atom. The third-order valence-electron chi connectivity index (χ3n) is 5.89. The Hall–Kier alpha value is -2.40. The first kappa shape index (κ1) is 16.1. The molecule has 2 aromatic rings. The quantitative estimate of drug-likeness (QED) is 0.824. The van der Waals surface area contributed by atoms with Crippen LogP contribution in [0.15, 0.2) is 24.3 Å². The van der Waals surface area contributed by atoms with Crippen LogP contribution >= 0.6 is 0 Å². The number of rotatable bonds is 2. The Labute approximate surface area is 147 Å². The van der Waals surface area contributed by atoms with E-state index in [1.807, 2.05) is 24.3 Å². The lowest BCUT2D eigenvalue weighted by Gasteiger charge is -2.49. The molecule has 0 aromatic heterocycles. The summed E-state index contributed by atoms with van der Waals surface area (Å²) in [7, 11) is 5.44. The number of hydrogen-bond acceptors (Lipinski definition) is 4. The molecule has 5 heteroatoms. The summed E-state index contributed by atoms with van der Waals surface area (Å²) >= 11 is 0. The third-order valence-corrected chi connectivity index (χ3v) is 5.89. The van der Waals surface area contributed by atoms with Crippen LogP contribution in [0, 0.1) is 0 Å². The van der Waals surface area contributed by atoms with Gasteiger partial charge in [0.1, 0.15) is 12.6 Å². The first-order valence-corrected chi connectivity index (χ1v) is 8.58. The molecule has 2 heterocycles. The van der Waals surface area contributed by atoms with E-state index >= 15 is 0 Å². The number of methoxy groups -OCH3 is 2. The maximum Gasteiger partial charge on any atom is 0.160 e. The number of benzene rings is 2. The largest absolute Gasteiger partial charge is 0.504 e. The predicted octanol–water partition coefficient (Wildman–Crippen LogP) is 2.92. The molecule has 2 aliphatic heterocycles. The van der Waals surface area contributed by atoms with Crippen molar-refractivity contribution in [3.05, 3.63) is 46.5 Å². The van der Waals surface area contributed by atoms with Crippen LogP contribution in [0.3, 0.4) is 0 Å². The van der Waals surface area contributed by atoms with E-state index in [0.29, 0.717) is 11.5 Å². The van der Waals surface area contributed by atoms with Crippen LogP contribution in [0.4, 0.5) is 0 Å². The Morgan fingerprint density at radius 2 is 1.56 bits per heavy atom. The summed E-state index contributed by atoms with van der Waals surface area (Å²) < 4.78 is 11.4. The zero-order valence-corrected chi connectivity index (χ0v) is 14.9. The summed E-state index contributed by atoms with van der Waals surface area (Å²) in [6.07, 6.45) is 1.80. The van der Waals surface area contributed by atoms with Gasteiger partial charge in [-0.25, -0.2) is 0 Å². The van der Waals surface area contributed by atoms with Gasteiger partial charge in [0.25, 0.3) is 0 Å². The van der Waals surface area contributed by atoms with Crippen molar-refractivity contribution >= 4 is 0 Å². The molecule has 2 aliphatic rings. The number of hydrogen-bond donors (Lipinski definition) is 2. The van der Waals surface area contributed by atoms with Crippen molar-refractivity contribution in [1.82, 2.24) is 0 Å². The molecule has 2 N–H and O–H groups in total. The van der Waals surface area contributed by atoms with Gasteiger partial charge >= 0.3 is 0 Å². The Morgan fingerprint density at radius 1 is 0.920 bits per heavy atom. The molecule has 0 spiro atoms. The molecule has 0 bridgehead atoms. The average molecular weight is 342 g/mol. The second kappa shape index (κ2) is 5.56. The SMILES string of the molecule is COc1cc2c(cc1O)C[C@@H]1c3cc(O)c(OC)cc3CC[N+]1(C)C2. The summed E-state index contributed by atoms with van der Waals surface area (Å²) in [5.74, 6) is 1.45. The molecule has 0 saturated heterocycles. The fourth-order valence-corrected chi connectivity index (χ4v) is 4.46. The number of quaternary nitrogens is 1. The molecule has 0 aliphatic carbocycles. The second-order valence-corrected chi connectivity index (χ2v) is 7.35. The Bertz CT molecular complexity index is 848. The van der Waals surface area contributed by atoms with Gasteiger partial charge in [0.15, 0.2) is 23.0 Å². The van der Waals surface area contributed by atoms with Crippen LogP contribution < -0.4 is 9.47 Å². The van der Waals surface area contributed by atoms with Crippen molar-refractivity contribution in [3.8, 4) is 23.0 Å². The predicted molar refractivity (Wildman–Crippen MR) is 94.2 cm³/mol. The molecule has 0 fully saturated rings. The molecule has 25 heavy (non-hydrogen) atoms. The second-order valence-electron chi connectivity index (χ2n) is 7.35. The minimum atomic E-state index is 0.186. The van der Waals surface area contributed by atoms with Crippen LogP contribution in [0.2, 0.25) is 0 Å². The molecule has 1 unspecified atom stereocenters. The molecule has 5 nitrogen and oxygen atoms in total. The molecule has 0 radical (unpaired) electrons. The molecular weight excluding hydrogens is 318 g/mol. The van der Waals surface area contributed by atoms with Crippen LogP contribution in [0.25, 0.3) is 0 Å². The summed E-state index contributed by atoms with van der Waals surface area (Å²) in [4.78, 5) is 0. The van der Waals surface area contributed by atoms with Crippen molar-refractivity contribution in [1.29, 1.82) is 0 Å². The van der Waals surface area contributed by atoms with E-state index in [-0.39, 0.29) is 17.5 Å². The molecular formula is C20H24NO4+. The molecule has 0 amide bonds. The van der Waals surface area contributed by atoms with Crippen LogP contribution in [-0.4, -0.2) is 42.5 Å². The Balaban J connectivity index is 1.81. The lowest BCUT2D eigenvalue weighted by molar-refractivity contribution is -0.956. The first-order chi connectivity index (χ1) is 11.9. The summed E-state index contributed by atoms with van der Waals surface area (Å²) in [6, 6.07) is 7.89. The van der Waals surface area contributed by atoms with E-state index in [1.165, 1.54) is 16.7 Å². The Kier molecular flexibility index (Phi) is 3.58. The molecule has 2 atom stereocenters. The highest BCUT2D eigenvalue weighted by Crippen LogP contribution is 2.47. The van der Waals surface area contributed by atoms with Gasteiger partial charge in [0.05, 0.1) is 27.8 Å². The first-order valence-electron chi connectivity index (χ1n) is 8.58. The minimum Gasteiger partial charge on any atom is -0.504 e. The third kappa shape index (κ3) is 2.42. The van der Waals surface area contributed by atoms with E-state index in [4.69, 9.17) is 9.47 Å². The van der Waals surface area contributed by atoms with Gasteiger partial charge in [-0.1, -0.05) is 0 Å². The van der Waals surface area contributed by atoms with Gasteiger partial charge in [-0.3, -0.25) is 0 Å². The molecule has 132 valence electrons. The molecule has 2 aromatic carbocycles. The van der Waals surface area contributed by atoms with Gasteiger partial charge in [0, 0.05) is 24.0 Å². The number of phenols is 2. The molecule has 0 saturated carbocycles. The van der Waals surface area contributed by atoms with E-state index in [9.17, 15) is 10.2 Å². The van der Waals surface area contributed by atoms with Gasteiger partial charge in [-0.05, 0) is 35.4 Å². The normalized spacial score (nSPS) is 24.0. The summed E-state index contributed by atoms with van der Waals surface area (Å²) in [6.45, 7) is 1.93. The van der Waals surface area contributed by atoms with Gasteiger partial charge in [-0.15, -0.1) is 0 Å². The van der Waals surface area contributed by atoms with Gasteiger partial charge in [-0.2, -0.15) is 0 Å². The number of ether oxygens (including phenoxy) is 2. The van der Waals surface area contributed by atoms with E-state index in [1.54, 1.807) is 14.2 Å². The van der Waals surface area contributed by atoms with Gasteiger partial charge < -0.3 is 24.2 Å². The highest BCUT2D eigenvalue weighted by atomic mass is 16.5. The van der Waals surface area contributed by atoms with E-state index in [2.05, 4.69) is 7.05 Å². The molecule has 4 rings (SSSR count). The van der Waals surface area contributed by atoms with Crippen LogP contribution in [0.1, 0.15) is 28.3 Å². The number of nitrogens with zero attached hydrogens (tertiary/aromatic N) is 1. The maximum atomic E-state index is 10.3. The lowest BCUT2D eigenvalue weighted by Crippen LogP contribution is -2.53. The fourth-order valence-electron chi connectivity index (χ4n) is 4.46. The number of phenolic OH excluding ortho intramolecular Hbond substituents is 2. The standard InChI is InChI=1S/C20H23NO4/c1-21-5-4-12-8-19(24-2)18(23)10-15(12)16(21)6-13-7-17(22)20(25-3)9-14(13)11-21/h7-10,16H,4-6,11H2,1-3H3,(H-,22,23)/p+1/t16-,21?/m1/s1. The van der Waals surface area contributed by atoms with Gasteiger partial charge in [0.2, 0.25) is 0 Å². The van der Waals surface area contributed by atoms with E-state index < -0.39 is 0 Å². The number of fused-ring (bicyclic) bond motifs is 4. The summed E-state index contributed by atoms with van der Waals surface area (Å²) in [5, 5.41) is 20.4. The fraction of sp³-hybridized carbons (Fsp3) is 0.400. The maximum absolute atomic E-state index is 10.3. The van der Waals surface area contributed by atoms with Crippen LogP contribution in [0.5, 0.6) is 23.0 Å². The highest BCUT2D eigenvalue weighted by Gasteiger charge is 2.43. The van der Waals surface area contributed by atoms with Crippen molar-refractivity contribution in [3.63, 3.8) is 0 Å². The monoisotopic (exact) mass is 342 g/mol. The minimum absolute atomic E-state index is 0.186. The smallest absolute Gasteiger partial charge is 0.160 e. The number of aromatic hydroxyl groups is 2. The van der Waals surface area contributed by atoms with Crippen LogP contribution in [-0.2, 0) is 19.4 Å². The van der Waals surface area contributed by atoms with Crippen molar-refractivity contribution in [2.45, 2.75) is 25.4 Å².